The average molecular weight is 363 g/mol. The van der Waals surface area contributed by atoms with Crippen molar-refractivity contribution in [1.82, 2.24) is 14.8 Å². The van der Waals surface area contributed by atoms with Crippen LogP contribution in [0.15, 0.2) is 51.8 Å². The number of benzene rings is 1. The monoisotopic (exact) mass is 363 g/mol. The van der Waals surface area contributed by atoms with Crippen molar-refractivity contribution in [2.24, 2.45) is 0 Å². The van der Waals surface area contributed by atoms with Crippen LogP contribution in [0.4, 0.5) is 0 Å². The zero-order chi connectivity index (χ0) is 19.1. The minimum absolute atomic E-state index is 0.130. The number of rotatable bonds is 4. The number of aromatic nitrogens is 1. The predicted octanol–water partition coefficient (Wildman–Crippen LogP) is 2.60. The van der Waals surface area contributed by atoms with Crippen LogP contribution in [0.1, 0.15) is 33.4 Å². The van der Waals surface area contributed by atoms with Crippen LogP contribution >= 0.6 is 0 Å². The van der Waals surface area contributed by atoms with Crippen molar-refractivity contribution in [3.63, 3.8) is 0 Å². The highest BCUT2D eigenvalue weighted by Gasteiger charge is 2.43. The summed E-state index contributed by atoms with van der Waals surface area (Å²) in [6, 6.07) is 10.4. The quantitative estimate of drug-likeness (QED) is 0.713. The zero-order valence-electron chi connectivity index (χ0n) is 15.6. The van der Waals surface area contributed by atoms with Crippen LogP contribution in [-0.2, 0) is 0 Å². The maximum atomic E-state index is 13.3. The van der Waals surface area contributed by atoms with E-state index >= 15 is 0 Å². The Balaban J connectivity index is 1.95. The molecule has 0 fully saturated rings. The van der Waals surface area contributed by atoms with E-state index in [0.717, 1.165) is 5.56 Å². The van der Waals surface area contributed by atoms with Crippen molar-refractivity contribution in [3.05, 3.63) is 75.4 Å². The molecule has 0 saturated carbocycles. The van der Waals surface area contributed by atoms with Gasteiger partial charge in [-0.05, 0) is 45.3 Å². The van der Waals surface area contributed by atoms with Crippen LogP contribution in [0.3, 0.4) is 0 Å². The number of aryl methyl sites for hydroxylation is 1. The number of amides is 1. The minimum atomic E-state index is -0.533. The van der Waals surface area contributed by atoms with Crippen LogP contribution in [-0.4, -0.2) is 47.9 Å². The SMILES string of the molecule is Cc1ccc2oc3c(c(=O)c2c1)C(c1ccccn1)N(CCN(C)C)C3=O. The van der Waals surface area contributed by atoms with Gasteiger partial charge < -0.3 is 14.2 Å². The maximum absolute atomic E-state index is 13.3. The summed E-state index contributed by atoms with van der Waals surface area (Å²) < 4.78 is 5.91. The van der Waals surface area contributed by atoms with Gasteiger partial charge >= 0.3 is 0 Å². The van der Waals surface area contributed by atoms with Gasteiger partial charge in [0.05, 0.1) is 16.6 Å². The Morgan fingerprint density at radius 2 is 2.00 bits per heavy atom. The van der Waals surface area contributed by atoms with E-state index in [1.54, 1.807) is 17.2 Å². The number of hydrogen-bond donors (Lipinski definition) is 0. The Bertz CT molecular complexity index is 1070. The molecule has 0 aliphatic carbocycles. The molecule has 1 aliphatic heterocycles. The molecule has 0 saturated heterocycles. The lowest BCUT2D eigenvalue weighted by Gasteiger charge is -2.25. The second kappa shape index (κ2) is 6.63. The third-order valence-electron chi connectivity index (χ3n) is 4.88. The molecule has 1 aliphatic rings. The van der Waals surface area contributed by atoms with Gasteiger partial charge in [0.25, 0.3) is 5.91 Å². The van der Waals surface area contributed by atoms with E-state index in [1.165, 1.54) is 0 Å². The Hall–Kier alpha value is -2.99. The number of pyridine rings is 1. The van der Waals surface area contributed by atoms with Gasteiger partial charge in [-0.1, -0.05) is 17.7 Å². The van der Waals surface area contributed by atoms with E-state index in [4.69, 9.17) is 4.42 Å². The first-order chi connectivity index (χ1) is 13.0. The summed E-state index contributed by atoms with van der Waals surface area (Å²) in [7, 11) is 3.90. The Kier molecular flexibility index (Phi) is 4.28. The molecule has 1 unspecified atom stereocenters. The smallest absolute Gasteiger partial charge is 0.291 e. The fraction of sp³-hybridized carbons (Fsp3) is 0.286. The van der Waals surface area contributed by atoms with Gasteiger partial charge in [-0.3, -0.25) is 14.6 Å². The van der Waals surface area contributed by atoms with E-state index in [0.29, 0.717) is 35.3 Å². The van der Waals surface area contributed by atoms with Gasteiger partial charge in [0.1, 0.15) is 11.6 Å². The van der Waals surface area contributed by atoms with E-state index in [1.807, 2.05) is 56.3 Å². The van der Waals surface area contributed by atoms with Crippen LogP contribution in [0.2, 0.25) is 0 Å². The molecule has 3 heterocycles. The zero-order valence-corrected chi connectivity index (χ0v) is 15.6. The van der Waals surface area contributed by atoms with Crippen LogP contribution in [0.5, 0.6) is 0 Å². The number of fused-ring (bicyclic) bond motifs is 2. The topological polar surface area (TPSA) is 66.7 Å². The van der Waals surface area contributed by atoms with Gasteiger partial charge in [-0.15, -0.1) is 0 Å². The molecule has 4 rings (SSSR count). The molecule has 0 bridgehead atoms. The van der Waals surface area contributed by atoms with Gasteiger partial charge in [-0.2, -0.15) is 0 Å². The Morgan fingerprint density at radius 3 is 2.70 bits per heavy atom. The molecular formula is C21H21N3O3. The maximum Gasteiger partial charge on any atom is 0.291 e. The number of nitrogens with zero attached hydrogens (tertiary/aromatic N) is 3. The largest absolute Gasteiger partial charge is 0.450 e. The number of carbonyl (C=O) groups excluding carboxylic acids is 1. The molecule has 27 heavy (non-hydrogen) atoms. The van der Waals surface area contributed by atoms with Crippen LogP contribution in [0, 0.1) is 6.92 Å². The van der Waals surface area contributed by atoms with Crippen molar-refractivity contribution in [1.29, 1.82) is 0 Å². The lowest BCUT2D eigenvalue weighted by molar-refractivity contribution is 0.0714. The van der Waals surface area contributed by atoms with Gasteiger partial charge in [0.15, 0.2) is 5.43 Å². The molecule has 3 aromatic rings. The third kappa shape index (κ3) is 2.92. The van der Waals surface area contributed by atoms with Crippen molar-refractivity contribution in [2.75, 3.05) is 27.2 Å². The summed E-state index contributed by atoms with van der Waals surface area (Å²) in [5.74, 6) is -0.132. The fourth-order valence-corrected chi connectivity index (χ4v) is 3.52. The molecule has 2 aromatic heterocycles. The van der Waals surface area contributed by atoms with Crippen molar-refractivity contribution >= 4 is 16.9 Å². The molecule has 1 atom stereocenters. The van der Waals surface area contributed by atoms with E-state index in [9.17, 15) is 9.59 Å². The van der Waals surface area contributed by atoms with Gasteiger partial charge in [0, 0.05) is 19.3 Å². The second-order valence-corrected chi connectivity index (χ2v) is 7.13. The number of hydrogen-bond acceptors (Lipinski definition) is 5. The molecule has 138 valence electrons. The molecule has 0 radical (unpaired) electrons. The van der Waals surface area contributed by atoms with Crippen LogP contribution < -0.4 is 5.43 Å². The van der Waals surface area contributed by atoms with E-state index in [2.05, 4.69) is 4.98 Å². The molecule has 1 aromatic carbocycles. The normalized spacial score (nSPS) is 16.4. The van der Waals surface area contributed by atoms with E-state index in [-0.39, 0.29) is 17.1 Å². The summed E-state index contributed by atoms with van der Waals surface area (Å²) in [6.45, 7) is 3.08. The predicted molar refractivity (Wildman–Crippen MR) is 103 cm³/mol. The highest BCUT2D eigenvalue weighted by molar-refractivity contribution is 5.99. The number of likely N-dealkylation sites (N-methyl/N-ethyl adjacent to an activating group) is 1. The fourth-order valence-electron chi connectivity index (χ4n) is 3.52. The Labute approximate surface area is 157 Å². The summed E-state index contributed by atoms with van der Waals surface area (Å²) in [4.78, 5) is 34.5. The molecule has 6 heteroatoms. The van der Waals surface area contributed by atoms with Crippen molar-refractivity contribution < 1.29 is 9.21 Å². The Morgan fingerprint density at radius 1 is 1.19 bits per heavy atom. The van der Waals surface area contributed by atoms with Crippen molar-refractivity contribution in [3.8, 4) is 0 Å². The number of carbonyl (C=O) groups is 1. The first-order valence-electron chi connectivity index (χ1n) is 8.91. The van der Waals surface area contributed by atoms with Gasteiger partial charge in [0.2, 0.25) is 5.76 Å². The highest BCUT2D eigenvalue weighted by atomic mass is 16.3. The highest BCUT2D eigenvalue weighted by Crippen LogP contribution is 2.37. The molecule has 0 N–H and O–H groups in total. The third-order valence-corrected chi connectivity index (χ3v) is 4.88. The first kappa shape index (κ1) is 17.4. The standard InChI is InChI=1S/C21H21N3O3/c1-13-7-8-16-14(12-13)19(25)17-18(15-6-4-5-9-22-15)24(11-10-23(2)3)21(26)20(17)27-16/h4-9,12,18H,10-11H2,1-3H3. The lowest BCUT2D eigenvalue weighted by atomic mass is 10.0. The summed E-state index contributed by atoms with van der Waals surface area (Å²) in [5.41, 5.74) is 2.30. The molecule has 6 nitrogen and oxygen atoms in total. The lowest BCUT2D eigenvalue weighted by Crippen LogP contribution is -2.35. The van der Waals surface area contributed by atoms with Gasteiger partial charge in [-0.25, -0.2) is 0 Å². The molecular weight excluding hydrogens is 342 g/mol. The van der Waals surface area contributed by atoms with Crippen LogP contribution in [0.25, 0.3) is 11.0 Å². The summed E-state index contributed by atoms with van der Waals surface area (Å²) in [6.07, 6.45) is 1.68. The first-order valence-corrected chi connectivity index (χ1v) is 8.91. The second-order valence-electron chi connectivity index (χ2n) is 7.13. The average Bonchev–Trinajstić information content (AvgIpc) is 2.94. The summed E-state index contributed by atoms with van der Waals surface area (Å²) >= 11 is 0. The molecule has 1 amide bonds. The van der Waals surface area contributed by atoms with Crippen molar-refractivity contribution in [2.45, 2.75) is 13.0 Å². The van der Waals surface area contributed by atoms with E-state index < -0.39 is 6.04 Å². The minimum Gasteiger partial charge on any atom is -0.450 e. The summed E-state index contributed by atoms with van der Waals surface area (Å²) in [5, 5.41) is 0.497. The molecule has 0 spiro atoms.